The summed E-state index contributed by atoms with van der Waals surface area (Å²) in [5.74, 6) is 1.66. The van der Waals surface area contributed by atoms with Crippen molar-refractivity contribution in [1.29, 1.82) is 0 Å². The van der Waals surface area contributed by atoms with E-state index in [4.69, 9.17) is 34.1 Å². The Morgan fingerprint density at radius 3 is 2.64 bits per heavy atom. The number of fused-ring (bicyclic) bond motifs is 10. The highest BCUT2D eigenvalue weighted by molar-refractivity contribution is 5.93. The molecule has 15 nitrogen and oxygen atoms in total. The van der Waals surface area contributed by atoms with E-state index in [9.17, 15) is 9.18 Å². The minimum Gasteiger partial charge on any atom is -0.490 e. The Morgan fingerprint density at radius 1 is 0.949 bits per heavy atom. The van der Waals surface area contributed by atoms with Gasteiger partial charge in [-0.2, -0.15) is 5.10 Å². The Kier molecular flexibility index (Phi) is 11.7. The summed E-state index contributed by atoms with van der Waals surface area (Å²) >= 11 is 0. The van der Waals surface area contributed by atoms with E-state index in [2.05, 4.69) is 20.7 Å². The van der Waals surface area contributed by atoms with Crippen LogP contribution in [0, 0.1) is 18.6 Å². The summed E-state index contributed by atoms with van der Waals surface area (Å²) in [6, 6.07) is 11.9. The monoisotopic (exact) mass is 809 g/mol. The smallest absolute Gasteiger partial charge is 0.245 e. The Hall–Kier alpha value is -5.78. The summed E-state index contributed by atoms with van der Waals surface area (Å²) in [5.41, 5.74) is 6.51. The molecule has 2 N–H and O–H groups in total. The zero-order valence-corrected chi connectivity index (χ0v) is 33.9. The molecule has 5 atom stereocenters. The molecule has 0 spiro atoms. The van der Waals surface area contributed by atoms with Crippen LogP contribution in [0.3, 0.4) is 0 Å². The SMILES string of the molecule is CC.COC1CN(C)C(=O)C2CC(CN2c2nc3ncc2/C=N\Nc2ccc(F)cc2OCCN2CCOC3C2)Nc2cccc(n2)-c2cc(F)cc3nc(C)n(c23)C1. The van der Waals surface area contributed by atoms with Crippen LogP contribution in [0.5, 0.6) is 5.75 Å². The van der Waals surface area contributed by atoms with Crippen LogP contribution in [0.25, 0.3) is 22.3 Å². The van der Waals surface area contributed by atoms with Crippen molar-refractivity contribution in [3.8, 4) is 17.0 Å². The van der Waals surface area contributed by atoms with E-state index in [-0.39, 0.29) is 18.5 Å². The lowest BCUT2D eigenvalue weighted by Gasteiger charge is -2.33. The van der Waals surface area contributed by atoms with Gasteiger partial charge in [-0.15, -0.1) is 0 Å². The van der Waals surface area contributed by atoms with Crippen LogP contribution in [-0.4, -0.2) is 125 Å². The van der Waals surface area contributed by atoms with Crippen molar-refractivity contribution in [2.24, 2.45) is 5.10 Å². The van der Waals surface area contributed by atoms with Crippen LogP contribution in [0.15, 0.2) is 59.8 Å². The van der Waals surface area contributed by atoms with Crippen LogP contribution in [0.2, 0.25) is 0 Å². The fourth-order valence-electron chi connectivity index (χ4n) is 8.21. The van der Waals surface area contributed by atoms with Crippen molar-refractivity contribution < 1.29 is 27.8 Å². The highest BCUT2D eigenvalue weighted by Gasteiger charge is 2.41. The van der Waals surface area contributed by atoms with Crippen LogP contribution < -0.4 is 20.4 Å². The van der Waals surface area contributed by atoms with Gasteiger partial charge in [-0.25, -0.2) is 28.7 Å². The van der Waals surface area contributed by atoms with Crippen molar-refractivity contribution in [3.05, 3.63) is 83.6 Å². The molecular formula is C42H49F2N11O4. The van der Waals surface area contributed by atoms with Crippen LogP contribution >= 0.6 is 0 Å². The van der Waals surface area contributed by atoms with Gasteiger partial charge in [-0.05, 0) is 43.7 Å². The number of likely N-dealkylation sites (N-methyl/N-ethyl adjacent to an activating group) is 1. The first kappa shape index (κ1) is 40.0. The fraction of sp³-hybridized carbons (Fsp3) is 0.429. The molecule has 59 heavy (non-hydrogen) atoms. The molecule has 2 aromatic carbocycles. The number of imidazole rings is 1. The summed E-state index contributed by atoms with van der Waals surface area (Å²) in [7, 11) is 3.40. The summed E-state index contributed by atoms with van der Waals surface area (Å²) in [5, 5.41) is 8.08. The minimum atomic E-state index is -0.642. The van der Waals surface area contributed by atoms with Crippen molar-refractivity contribution in [3.63, 3.8) is 0 Å². The van der Waals surface area contributed by atoms with Crippen LogP contribution in [0.4, 0.5) is 26.1 Å². The first-order valence-electron chi connectivity index (χ1n) is 20.1. The Balaban J connectivity index is 0.00000238. The summed E-state index contributed by atoms with van der Waals surface area (Å²) in [4.78, 5) is 40.1. The Morgan fingerprint density at radius 2 is 1.80 bits per heavy atom. The number of pyridine rings is 1. The van der Waals surface area contributed by atoms with E-state index in [1.807, 2.05) is 48.4 Å². The van der Waals surface area contributed by atoms with Gasteiger partial charge in [0.05, 0.1) is 53.4 Å². The number of carbonyl (C=O) groups excluding carboxylic acids is 1. The number of ether oxygens (including phenoxy) is 3. The maximum atomic E-state index is 15.1. The molecule has 0 saturated carbocycles. The van der Waals surface area contributed by atoms with E-state index in [0.717, 1.165) is 5.52 Å². The first-order chi connectivity index (χ1) is 28.7. The number of nitrogens with zero attached hydrogens (tertiary/aromatic N) is 9. The molecule has 0 aliphatic carbocycles. The number of aromatic nitrogens is 5. The maximum Gasteiger partial charge on any atom is 0.245 e. The normalized spacial score (nSPS) is 23.6. The molecule has 310 valence electrons. The molecule has 2 fully saturated rings. The zero-order chi connectivity index (χ0) is 41.2. The third kappa shape index (κ3) is 8.27. The number of hydrogen-bond acceptors (Lipinski definition) is 13. The number of carbonyl (C=O) groups is 1. The number of hydrogen-bond donors (Lipinski definition) is 2. The molecule has 5 aliphatic rings. The van der Waals surface area contributed by atoms with E-state index in [0.29, 0.717) is 109 Å². The van der Waals surface area contributed by atoms with Crippen LogP contribution in [0.1, 0.15) is 43.6 Å². The number of aryl methyl sites for hydroxylation is 1. The number of anilines is 3. The zero-order valence-electron chi connectivity index (χ0n) is 33.9. The molecule has 5 unspecified atom stereocenters. The second-order valence-electron chi connectivity index (χ2n) is 14.8. The van der Waals surface area contributed by atoms with Crippen molar-refractivity contribution in [2.75, 3.05) is 75.7 Å². The predicted octanol–water partition coefficient (Wildman–Crippen LogP) is 5.26. The summed E-state index contributed by atoms with van der Waals surface area (Å²) in [6.45, 7) is 9.50. The lowest BCUT2D eigenvalue weighted by atomic mass is 10.1. The number of benzene rings is 2. The quantitative estimate of drug-likeness (QED) is 0.240. The van der Waals surface area contributed by atoms with Crippen molar-refractivity contribution in [2.45, 2.75) is 58.0 Å². The number of methoxy groups -OCH3 is 1. The van der Waals surface area contributed by atoms with Crippen molar-refractivity contribution in [1.82, 2.24) is 34.3 Å². The Labute approximate surface area is 341 Å². The molecule has 8 heterocycles. The van der Waals surface area contributed by atoms with E-state index in [1.54, 1.807) is 37.5 Å². The lowest BCUT2D eigenvalue weighted by molar-refractivity contribution is -0.132. The van der Waals surface area contributed by atoms with Gasteiger partial charge < -0.3 is 33.9 Å². The molecule has 3 aromatic heterocycles. The number of nitrogens with one attached hydrogen (secondary N) is 2. The topological polar surface area (TPSA) is 147 Å². The second kappa shape index (κ2) is 17.2. The molecule has 10 rings (SSSR count). The van der Waals surface area contributed by atoms with E-state index >= 15 is 4.39 Å². The third-order valence-electron chi connectivity index (χ3n) is 11.1. The van der Waals surface area contributed by atoms with Gasteiger partial charge in [0.2, 0.25) is 5.91 Å². The molecule has 8 bridgehead atoms. The minimum absolute atomic E-state index is 0.117. The number of amides is 1. The van der Waals surface area contributed by atoms with Gasteiger partial charge in [0.15, 0.2) is 5.82 Å². The van der Waals surface area contributed by atoms with Gasteiger partial charge in [-0.1, -0.05) is 19.9 Å². The maximum absolute atomic E-state index is 15.1. The van der Waals surface area contributed by atoms with Gasteiger partial charge in [0, 0.05) is 76.8 Å². The number of rotatable bonds is 2. The third-order valence-corrected chi connectivity index (χ3v) is 11.1. The highest BCUT2D eigenvalue weighted by atomic mass is 19.1. The van der Waals surface area contributed by atoms with Crippen molar-refractivity contribution >= 4 is 40.5 Å². The number of hydrazone groups is 1. The first-order valence-corrected chi connectivity index (χ1v) is 20.1. The van der Waals surface area contributed by atoms with E-state index < -0.39 is 29.9 Å². The molecule has 2 saturated heterocycles. The van der Waals surface area contributed by atoms with Gasteiger partial charge in [-0.3, -0.25) is 15.1 Å². The lowest BCUT2D eigenvalue weighted by Crippen LogP contribution is -2.47. The molecule has 0 radical (unpaired) electrons. The van der Waals surface area contributed by atoms with E-state index in [1.165, 1.54) is 24.3 Å². The molecular weight excluding hydrogens is 761 g/mol. The molecule has 1 amide bonds. The fourth-order valence-corrected chi connectivity index (χ4v) is 8.21. The second-order valence-corrected chi connectivity index (χ2v) is 14.8. The average Bonchev–Trinajstić information content (AvgIpc) is 3.80. The number of halogens is 2. The number of morpholine rings is 1. The van der Waals surface area contributed by atoms with Crippen LogP contribution in [-0.2, 0) is 20.8 Å². The average molecular weight is 810 g/mol. The molecule has 5 aromatic rings. The summed E-state index contributed by atoms with van der Waals surface area (Å²) < 4.78 is 49.6. The molecule has 17 heteroatoms. The molecule has 5 aliphatic heterocycles. The van der Waals surface area contributed by atoms with Gasteiger partial charge >= 0.3 is 0 Å². The van der Waals surface area contributed by atoms with Gasteiger partial charge in [0.25, 0.3) is 0 Å². The summed E-state index contributed by atoms with van der Waals surface area (Å²) in [6.07, 6.45) is 2.86. The standard InChI is InChI=1S/C40H43F2N11O4.C2H6/c1-23-45-32-14-26(42)13-29-30-5-4-6-36(47-30)46-27-16-33(40(54)50(2)20-28(55-3)21-52(23)37(29)32)53(19-27)39-24-17-43-38(48-39)35-22-51(10-12-57-35)9-11-56-34-15-25(41)7-8-31(34)49-44-18-24;1-2/h4-8,13-15,17-18,27-28,33,35,49H,9-12,16,19-22H2,1-3H3,(H,46,47);1-2H3/b44-18-;. The largest absolute Gasteiger partial charge is 0.490 e. The predicted molar refractivity (Wildman–Crippen MR) is 221 cm³/mol. The Bertz CT molecular complexity index is 2360. The highest BCUT2D eigenvalue weighted by Crippen LogP contribution is 2.34. The van der Waals surface area contributed by atoms with Gasteiger partial charge in [0.1, 0.15) is 53.6 Å².